The first kappa shape index (κ1) is 17.2. The van der Waals surface area contributed by atoms with E-state index in [1.165, 1.54) is 0 Å². The number of ether oxygens (including phenoxy) is 1. The average molecular weight is 382 g/mol. The highest BCUT2D eigenvalue weighted by Gasteiger charge is 2.37. The highest BCUT2D eigenvalue weighted by atomic mass is 79.9. The van der Waals surface area contributed by atoms with Gasteiger partial charge in [0.15, 0.2) is 0 Å². The molecular formula is C17H20BrNO2S. The summed E-state index contributed by atoms with van der Waals surface area (Å²) in [7, 11) is 0. The number of carbonyl (C=O) groups excluding carboxylic acids is 1. The molecule has 0 radical (unpaired) electrons. The zero-order valence-corrected chi connectivity index (χ0v) is 15.4. The molecule has 0 spiro atoms. The monoisotopic (exact) mass is 381 g/mol. The number of carbonyl (C=O) groups is 1. The average Bonchev–Trinajstić information content (AvgIpc) is 2.76. The fourth-order valence-corrected chi connectivity index (χ4v) is 2.64. The first-order valence-corrected chi connectivity index (χ1v) is 8.32. The minimum absolute atomic E-state index is 0.117. The van der Waals surface area contributed by atoms with Crippen molar-refractivity contribution < 1.29 is 9.53 Å². The van der Waals surface area contributed by atoms with Crippen molar-refractivity contribution in [1.29, 1.82) is 0 Å². The van der Waals surface area contributed by atoms with Crippen molar-refractivity contribution in [2.75, 3.05) is 6.61 Å². The standard InChI is InChI=1S/C17H20BrNO2S/c1-10-13(9-21-15(10)20)14(19-16(22)17(2,3)4)11-5-7-12(18)8-6-11/h5-8,13-14H,1,9H2,2-4H3,(H,19,22). The van der Waals surface area contributed by atoms with Gasteiger partial charge in [-0.25, -0.2) is 4.79 Å². The summed E-state index contributed by atoms with van der Waals surface area (Å²) >= 11 is 8.96. The topological polar surface area (TPSA) is 38.3 Å². The highest BCUT2D eigenvalue weighted by molar-refractivity contribution is 9.10. The molecule has 2 unspecified atom stereocenters. The molecule has 1 fully saturated rings. The van der Waals surface area contributed by atoms with E-state index < -0.39 is 0 Å². The summed E-state index contributed by atoms with van der Waals surface area (Å²) in [5.74, 6) is -0.440. The van der Waals surface area contributed by atoms with Gasteiger partial charge in [0.1, 0.15) is 6.61 Å². The largest absolute Gasteiger partial charge is 0.462 e. The van der Waals surface area contributed by atoms with E-state index in [0.29, 0.717) is 12.2 Å². The fraction of sp³-hybridized carbons (Fsp3) is 0.412. The van der Waals surface area contributed by atoms with Crippen LogP contribution in [0.2, 0.25) is 0 Å². The lowest BCUT2D eigenvalue weighted by molar-refractivity contribution is -0.135. The number of rotatable bonds is 3. The number of esters is 1. The number of nitrogens with one attached hydrogen (secondary N) is 1. The number of hydrogen-bond donors (Lipinski definition) is 1. The number of hydrogen-bond acceptors (Lipinski definition) is 3. The van der Waals surface area contributed by atoms with Gasteiger partial charge in [-0.1, -0.05) is 67.6 Å². The maximum atomic E-state index is 11.7. The van der Waals surface area contributed by atoms with Gasteiger partial charge in [-0.3, -0.25) is 0 Å². The van der Waals surface area contributed by atoms with Crippen LogP contribution >= 0.6 is 28.1 Å². The Balaban J connectivity index is 2.32. The molecular weight excluding hydrogens is 362 g/mol. The lowest BCUT2D eigenvalue weighted by Gasteiger charge is -2.30. The first-order chi connectivity index (χ1) is 10.2. The van der Waals surface area contributed by atoms with Crippen LogP contribution < -0.4 is 5.32 Å². The van der Waals surface area contributed by atoms with Crippen LogP contribution in [0, 0.1) is 11.3 Å². The van der Waals surface area contributed by atoms with Crippen LogP contribution in [0.25, 0.3) is 0 Å². The van der Waals surface area contributed by atoms with Crippen LogP contribution in [0.1, 0.15) is 32.4 Å². The van der Waals surface area contributed by atoms with Gasteiger partial charge in [-0.2, -0.15) is 0 Å². The SMILES string of the molecule is C=C1C(=O)OCC1C(NC(=S)C(C)(C)C)c1ccc(Br)cc1. The quantitative estimate of drug-likeness (QED) is 0.484. The molecule has 1 saturated heterocycles. The molecule has 1 aliphatic rings. The maximum absolute atomic E-state index is 11.7. The van der Waals surface area contributed by atoms with Gasteiger partial charge >= 0.3 is 5.97 Å². The van der Waals surface area contributed by atoms with Gasteiger partial charge in [0.05, 0.1) is 11.0 Å². The molecule has 3 nitrogen and oxygen atoms in total. The molecule has 5 heteroatoms. The van der Waals surface area contributed by atoms with E-state index in [2.05, 4.69) is 48.6 Å². The minimum atomic E-state index is -0.324. The summed E-state index contributed by atoms with van der Waals surface area (Å²) in [6.07, 6.45) is 0. The summed E-state index contributed by atoms with van der Waals surface area (Å²) in [5, 5.41) is 3.41. The number of thiocarbonyl (C=S) groups is 1. The molecule has 0 aromatic heterocycles. The molecule has 1 N–H and O–H groups in total. The second-order valence-corrected chi connectivity index (χ2v) is 7.81. The third kappa shape index (κ3) is 3.76. The zero-order chi connectivity index (χ0) is 16.5. The Hall–Kier alpha value is -1.20. The molecule has 1 aliphatic heterocycles. The second kappa shape index (κ2) is 6.50. The summed E-state index contributed by atoms with van der Waals surface area (Å²) in [5.41, 5.74) is 1.41. The van der Waals surface area contributed by atoms with Gasteiger partial charge in [-0.15, -0.1) is 0 Å². The van der Waals surface area contributed by atoms with Crippen molar-refractivity contribution in [2.24, 2.45) is 11.3 Å². The summed E-state index contributed by atoms with van der Waals surface area (Å²) < 4.78 is 6.15. The molecule has 1 aromatic carbocycles. The second-order valence-electron chi connectivity index (χ2n) is 6.48. The summed E-state index contributed by atoms with van der Waals surface area (Å²) in [4.78, 5) is 12.4. The summed E-state index contributed by atoms with van der Waals surface area (Å²) in [6.45, 7) is 10.4. The molecule has 0 aliphatic carbocycles. The van der Waals surface area contributed by atoms with E-state index in [0.717, 1.165) is 15.0 Å². The van der Waals surface area contributed by atoms with Crippen molar-refractivity contribution in [3.63, 3.8) is 0 Å². The van der Waals surface area contributed by atoms with Gasteiger partial charge < -0.3 is 10.1 Å². The van der Waals surface area contributed by atoms with Crippen molar-refractivity contribution in [1.82, 2.24) is 5.32 Å². The van der Waals surface area contributed by atoms with Crippen LogP contribution in [0.4, 0.5) is 0 Å². The van der Waals surface area contributed by atoms with Crippen molar-refractivity contribution in [2.45, 2.75) is 26.8 Å². The van der Waals surface area contributed by atoms with Crippen LogP contribution in [0.5, 0.6) is 0 Å². The summed E-state index contributed by atoms with van der Waals surface area (Å²) in [6, 6.07) is 7.86. The van der Waals surface area contributed by atoms with E-state index in [1.54, 1.807) is 0 Å². The minimum Gasteiger partial charge on any atom is -0.462 e. The highest BCUT2D eigenvalue weighted by Crippen LogP contribution is 2.34. The third-order valence-electron chi connectivity index (χ3n) is 3.70. The lowest BCUT2D eigenvalue weighted by Crippen LogP contribution is -2.39. The van der Waals surface area contributed by atoms with Gasteiger partial charge in [-0.05, 0) is 17.7 Å². The predicted molar refractivity (Wildman–Crippen MR) is 95.7 cm³/mol. The third-order valence-corrected chi connectivity index (χ3v) is 4.96. The Bertz CT molecular complexity index is 604. The Morgan fingerprint density at radius 3 is 2.45 bits per heavy atom. The normalized spacial score (nSPS) is 19.7. The van der Waals surface area contributed by atoms with E-state index >= 15 is 0 Å². The fourth-order valence-electron chi connectivity index (χ4n) is 2.25. The van der Waals surface area contributed by atoms with Crippen LogP contribution in [0.15, 0.2) is 40.9 Å². The van der Waals surface area contributed by atoms with E-state index in [9.17, 15) is 4.79 Å². The predicted octanol–water partition coefficient (Wildman–Crippen LogP) is 4.18. The van der Waals surface area contributed by atoms with Gasteiger partial charge in [0.2, 0.25) is 0 Å². The van der Waals surface area contributed by atoms with Crippen LogP contribution in [-0.2, 0) is 9.53 Å². The van der Waals surface area contributed by atoms with Crippen molar-refractivity contribution in [3.8, 4) is 0 Å². The molecule has 2 atom stereocenters. The molecule has 1 heterocycles. The van der Waals surface area contributed by atoms with Crippen LogP contribution in [-0.4, -0.2) is 17.6 Å². The van der Waals surface area contributed by atoms with E-state index in [4.69, 9.17) is 17.0 Å². The number of halogens is 1. The van der Waals surface area contributed by atoms with E-state index in [1.807, 2.05) is 24.3 Å². The molecule has 2 rings (SSSR count). The van der Waals surface area contributed by atoms with Crippen molar-refractivity contribution >= 4 is 39.1 Å². The molecule has 0 saturated carbocycles. The Labute approximate surface area is 145 Å². The number of benzene rings is 1. The van der Waals surface area contributed by atoms with Crippen molar-refractivity contribution in [3.05, 3.63) is 46.5 Å². The Morgan fingerprint density at radius 2 is 2.00 bits per heavy atom. The molecule has 118 valence electrons. The first-order valence-electron chi connectivity index (χ1n) is 7.12. The lowest BCUT2D eigenvalue weighted by atomic mass is 9.87. The Kier molecular flexibility index (Phi) is 5.07. The molecule has 22 heavy (non-hydrogen) atoms. The maximum Gasteiger partial charge on any atom is 0.333 e. The number of cyclic esters (lactones) is 1. The molecule has 1 aromatic rings. The molecule has 0 bridgehead atoms. The van der Waals surface area contributed by atoms with E-state index in [-0.39, 0.29) is 23.3 Å². The van der Waals surface area contributed by atoms with Gasteiger partial charge in [0.25, 0.3) is 0 Å². The zero-order valence-electron chi connectivity index (χ0n) is 13.0. The van der Waals surface area contributed by atoms with Crippen LogP contribution in [0.3, 0.4) is 0 Å². The van der Waals surface area contributed by atoms with Gasteiger partial charge in [0, 0.05) is 21.4 Å². The smallest absolute Gasteiger partial charge is 0.333 e. The Morgan fingerprint density at radius 1 is 1.41 bits per heavy atom. The molecule has 0 amide bonds.